The summed E-state index contributed by atoms with van der Waals surface area (Å²) in [5.74, 6) is -0.703. The third-order valence-corrected chi connectivity index (χ3v) is 2.93. The Morgan fingerprint density at radius 3 is 2.48 bits per heavy atom. The molecule has 0 saturated carbocycles. The van der Waals surface area contributed by atoms with Crippen LogP contribution in [0.3, 0.4) is 0 Å². The number of ketones is 1. The first-order chi connectivity index (χ1) is 10.0. The molecular weight excluding hydrogens is 275 g/mol. The number of esters is 1. The van der Waals surface area contributed by atoms with Gasteiger partial charge in [0.2, 0.25) is 0 Å². The van der Waals surface area contributed by atoms with E-state index in [1.807, 2.05) is 0 Å². The van der Waals surface area contributed by atoms with Crippen LogP contribution in [0.5, 0.6) is 0 Å². The average molecular weight is 290 g/mol. The largest absolute Gasteiger partial charge is 0.462 e. The highest BCUT2D eigenvalue weighted by Gasteiger charge is 2.21. The Labute approximate surface area is 121 Å². The molecule has 0 N–H and O–H groups in total. The van der Waals surface area contributed by atoms with Crippen molar-refractivity contribution < 1.29 is 23.1 Å². The third kappa shape index (κ3) is 3.56. The fraction of sp³-hybridized carbons (Fsp3) is 0.250. The number of rotatable bonds is 5. The molecular formula is C16H15FO4. The number of hydrogen-bond donors (Lipinski definition) is 0. The van der Waals surface area contributed by atoms with E-state index in [4.69, 9.17) is 9.15 Å². The summed E-state index contributed by atoms with van der Waals surface area (Å²) in [6.07, 6.45) is 0.279. The lowest BCUT2D eigenvalue weighted by atomic mass is 10.1. The van der Waals surface area contributed by atoms with Crippen molar-refractivity contribution in [2.24, 2.45) is 0 Å². The Hall–Kier alpha value is -2.43. The maximum absolute atomic E-state index is 12.9. The number of benzene rings is 1. The van der Waals surface area contributed by atoms with Gasteiger partial charge < -0.3 is 9.15 Å². The molecule has 0 saturated heterocycles. The predicted octanol–water partition coefficient (Wildman–Crippen LogP) is 3.39. The molecule has 0 amide bonds. The summed E-state index contributed by atoms with van der Waals surface area (Å²) in [6, 6.07) is 7.24. The number of ether oxygens (including phenoxy) is 1. The number of halogens is 1. The molecule has 0 unspecified atom stereocenters. The van der Waals surface area contributed by atoms with Gasteiger partial charge >= 0.3 is 5.97 Å². The van der Waals surface area contributed by atoms with Gasteiger partial charge in [0.1, 0.15) is 17.1 Å². The Balaban J connectivity index is 2.34. The monoisotopic (exact) mass is 290 g/mol. The number of carbonyl (C=O) groups excluding carboxylic acids is 2. The van der Waals surface area contributed by atoms with E-state index in [1.165, 1.54) is 25.1 Å². The highest BCUT2D eigenvalue weighted by molar-refractivity contribution is 5.97. The Bertz CT molecular complexity index is 655. The first-order valence-corrected chi connectivity index (χ1v) is 6.56. The van der Waals surface area contributed by atoms with Crippen molar-refractivity contribution in [1.82, 2.24) is 0 Å². The van der Waals surface area contributed by atoms with E-state index in [-0.39, 0.29) is 36.0 Å². The van der Waals surface area contributed by atoms with E-state index in [1.54, 1.807) is 19.1 Å². The molecule has 0 atom stereocenters. The van der Waals surface area contributed by atoms with Crippen LogP contribution in [0.15, 0.2) is 34.7 Å². The first kappa shape index (κ1) is 15.0. The summed E-state index contributed by atoms with van der Waals surface area (Å²) in [6.45, 7) is 3.29. The number of carbonyl (C=O) groups is 2. The summed E-state index contributed by atoms with van der Waals surface area (Å²) in [7, 11) is 0. The molecule has 0 fully saturated rings. The first-order valence-electron chi connectivity index (χ1n) is 6.56. The normalized spacial score (nSPS) is 10.4. The van der Waals surface area contributed by atoms with Crippen molar-refractivity contribution in [2.45, 2.75) is 20.3 Å². The summed E-state index contributed by atoms with van der Waals surface area (Å²) >= 11 is 0. The second kappa shape index (κ2) is 6.35. The standard InChI is InChI=1S/C16H15FO4/c1-3-20-16(19)13-9-14(10(2)18)21-15(13)8-11-4-6-12(17)7-5-11/h4-7,9H,3,8H2,1-2H3. The summed E-state index contributed by atoms with van der Waals surface area (Å²) < 4.78 is 23.3. The molecule has 0 aliphatic heterocycles. The van der Waals surface area contributed by atoms with Crippen LogP contribution in [0.2, 0.25) is 0 Å². The highest BCUT2D eigenvalue weighted by Crippen LogP contribution is 2.21. The van der Waals surface area contributed by atoms with Crippen molar-refractivity contribution in [3.8, 4) is 0 Å². The fourth-order valence-electron chi connectivity index (χ4n) is 1.90. The van der Waals surface area contributed by atoms with Crippen LogP contribution in [0.4, 0.5) is 4.39 Å². The molecule has 0 spiro atoms. The zero-order chi connectivity index (χ0) is 15.4. The van der Waals surface area contributed by atoms with Gasteiger partial charge in [-0.15, -0.1) is 0 Å². The fourth-order valence-corrected chi connectivity index (χ4v) is 1.90. The lowest BCUT2D eigenvalue weighted by Crippen LogP contribution is -2.06. The molecule has 1 aromatic heterocycles. The van der Waals surface area contributed by atoms with E-state index in [2.05, 4.69) is 0 Å². The van der Waals surface area contributed by atoms with Crippen molar-refractivity contribution in [1.29, 1.82) is 0 Å². The van der Waals surface area contributed by atoms with Crippen LogP contribution in [0.1, 0.15) is 46.1 Å². The maximum atomic E-state index is 12.9. The van der Waals surface area contributed by atoms with Crippen molar-refractivity contribution in [3.63, 3.8) is 0 Å². The van der Waals surface area contributed by atoms with Crippen molar-refractivity contribution in [3.05, 3.63) is 58.8 Å². The lowest BCUT2D eigenvalue weighted by Gasteiger charge is -2.03. The number of Topliss-reactive ketones (excluding diaryl/α,β-unsaturated/α-hetero) is 1. The second-order valence-electron chi connectivity index (χ2n) is 4.53. The second-order valence-corrected chi connectivity index (χ2v) is 4.53. The van der Waals surface area contributed by atoms with E-state index < -0.39 is 5.97 Å². The van der Waals surface area contributed by atoms with Gasteiger partial charge in [-0.05, 0) is 24.6 Å². The topological polar surface area (TPSA) is 56.5 Å². The summed E-state index contributed by atoms with van der Waals surface area (Å²) in [5, 5.41) is 0. The van der Waals surface area contributed by atoms with Gasteiger partial charge in [0, 0.05) is 19.4 Å². The Kier molecular flexibility index (Phi) is 4.52. The van der Waals surface area contributed by atoms with Crippen LogP contribution >= 0.6 is 0 Å². The minimum atomic E-state index is -0.536. The molecule has 0 radical (unpaired) electrons. The Morgan fingerprint density at radius 1 is 1.24 bits per heavy atom. The smallest absolute Gasteiger partial charge is 0.341 e. The van der Waals surface area contributed by atoms with Gasteiger partial charge in [-0.25, -0.2) is 9.18 Å². The van der Waals surface area contributed by atoms with Crippen molar-refractivity contribution in [2.75, 3.05) is 6.61 Å². The van der Waals surface area contributed by atoms with Crippen LogP contribution in [0.25, 0.3) is 0 Å². The molecule has 0 bridgehead atoms. The molecule has 2 rings (SSSR count). The highest BCUT2D eigenvalue weighted by atomic mass is 19.1. The molecule has 1 heterocycles. The van der Waals surface area contributed by atoms with Gasteiger partial charge in [-0.1, -0.05) is 12.1 Å². The van der Waals surface area contributed by atoms with Crippen LogP contribution < -0.4 is 0 Å². The SMILES string of the molecule is CCOC(=O)c1cc(C(C)=O)oc1Cc1ccc(F)cc1. The molecule has 0 aliphatic carbocycles. The zero-order valence-corrected chi connectivity index (χ0v) is 11.8. The minimum Gasteiger partial charge on any atom is -0.462 e. The Morgan fingerprint density at radius 2 is 1.90 bits per heavy atom. The molecule has 1 aromatic carbocycles. The van der Waals surface area contributed by atoms with E-state index in [0.717, 1.165) is 5.56 Å². The quantitative estimate of drug-likeness (QED) is 0.625. The molecule has 5 heteroatoms. The lowest BCUT2D eigenvalue weighted by molar-refractivity contribution is 0.0524. The van der Waals surface area contributed by atoms with Gasteiger partial charge in [0.05, 0.1) is 6.61 Å². The molecule has 110 valence electrons. The predicted molar refractivity (Wildman–Crippen MR) is 73.9 cm³/mol. The number of furan rings is 1. The minimum absolute atomic E-state index is 0.107. The molecule has 4 nitrogen and oxygen atoms in total. The summed E-state index contributed by atoms with van der Waals surface area (Å²) in [5.41, 5.74) is 0.998. The van der Waals surface area contributed by atoms with Gasteiger partial charge in [0.15, 0.2) is 11.5 Å². The van der Waals surface area contributed by atoms with Crippen molar-refractivity contribution >= 4 is 11.8 Å². The van der Waals surface area contributed by atoms with Crippen LogP contribution in [-0.2, 0) is 11.2 Å². The van der Waals surface area contributed by atoms with Gasteiger partial charge in [-0.2, -0.15) is 0 Å². The van der Waals surface area contributed by atoms with E-state index in [0.29, 0.717) is 5.76 Å². The van der Waals surface area contributed by atoms with E-state index >= 15 is 0 Å². The maximum Gasteiger partial charge on any atom is 0.341 e. The zero-order valence-electron chi connectivity index (χ0n) is 11.8. The third-order valence-electron chi connectivity index (χ3n) is 2.93. The van der Waals surface area contributed by atoms with Gasteiger partial charge in [0.25, 0.3) is 0 Å². The molecule has 21 heavy (non-hydrogen) atoms. The van der Waals surface area contributed by atoms with Crippen LogP contribution in [-0.4, -0.2) is 18.4 Å². The average Bonchev–Trinajstić information content (AvgIpc) is 2.86. The summed E-state index contributed by atoms with van der Waals surface area (Å²) in [4.78, 5) is 23.3. The van der Waals surface area contributed by atoms with Gasteiger partial charge in [-0.3, -0.25) is 4.79 Å². The van der Waals surface area contributed by atoms with Crippen LogP contribution in [0, 0.1) is 5.82 Å². The molecule has 0 aliphatic rings. The van der Waals surface area contributed by atoms with E-state index in [9.17, 15) is 14.0 Å². The molecule has 2 aromatic rings. The number of hydrogen-bond acceptors (Lipinski definition) is 4.